The lowest BCUT2D eigenvalue weighted by molar-refractivity contribution is 0.657. The van der Waals surface area contributed by atoms with Crippen LogP contribution in [0.15, 0.2) is 243 Å². The highest BCUT2D eigenvalue weighted by Crippen LogP contribution is 2.57. The number of hydrogen-bond donors (Lipinski definition) is 0. The third-order valence-corrected chi connectivity index (χ3v) is 16.8. The van der Waals surface area contributed by atoms with Crippen molar-refractivity contribution >= 4 is 93.6 Å². The summed E-state index contributed by atoms with van der Waals surface area (Å²) in [4.78, 5) is 15.0. The first-order valence-corrected chi connectivity index (χ1v) is 26.2. The molecule has 1 aliphatic heterocycles. The molecular formula is C68H43N5S. The van der Waals surface area contributed by atoms with E-state index < -0.39 is 0 Å². The molecule has 1 aliphatic carbocycles. The SMILES string of the molecule is C1=CC2c3cc(-c4cccc5c4c4c6ccccc6ccc4n5-c4ccccc4)ccc3N(c3nc(-c4ccc5c(c4)c4ccccc4n5-c4ccccc4)c4sc(-c5ccccc5)cc4n3)C2c2ccccc21. The maximum absolute atomic E-state index is 5.78. The summed E-state index contributed by atoms with van der Waals surface area (Å²) in [5.74, 6) is 0.749. The van der Waals surface area contributed by atoms with E-state index >= 15 is 0 Å². The van der Waals surface area contributed by atoms with Gasteiger partial charge in [-0.2, -0.15) is 0 Å². The fraction of sp³-hybridized carbons (Fsp3) is 0.0294. The molecule has 5 heterocycles. The van der Waals surface area contributed by atoms with Gasteiger partial charge >= 0.3 is 0 Å². The summed E-state index contributed by atoms with van der Waals surface area (Å²) in [6.07, 6.45) is 4.73. The highest BCUT2D eigenvalue weighted by molar-refractivity contribution is 7.22. The zero-order chi connectivity index (χ0) is 48.4. The summed E-state index contributed by atoms with van der Waals surface area (Å²) in [6.45, 7) is 0. The van der Waals surface area contributed by atoms with Crippen LogP contribution in [0, 0.1) is 0 Å². The van der Waals surface area contributed by atoms with Gasteiger partial charge in [-0.05, 0) is 117 Å². The predicted octanol–water partition coefficient (Wildman–Crippen LogP) is 18.0. The smallest absolute Gasteiger partial charge is 0.231 e. The largest absolute Gasteiger partial charge is 0.309 e. The number of hydrogen-bond acceptors (Lipinski definition) is 4. The first-order valence-electron chi connectivity index (χ1n) is 25.4. The molecule has 0 saturated heterocycles. The van der Waals surface area contributed by atoms with Crippen LogP contribution in [-0.4, -0.2) is 19.1 Å². The van der Waals surface area contributed by atoms with Crippen molar-refractivity contribution in [2.24, 2.45) is 0 Å². The lowest BCUT2D eigenvalue weighted by Crippen LogP contribution is -2.25. The molecule has 6 heteroatoms. The number of fused-ring (bicyclic) bond motifs is 14. The van der Waals surface area contributed by atoms with E-state index in [0.717, 1.165) is 44.1 Å². The Balaban J connectivity index is 0.924. The monoisotopic (exact) mass is 961 g/mol. The highest BCUT2D eigenvalue weighted by Gasteiger charge is 2.43. The van der Waals surface area contributed by atoms with Gasteiger partial charge in [0.25, 0.3) is 0 Å². The fourth-order valence-electron chi connectivity index (χ4n) is 12.5. The van der Waals surface area contributed by atoms with E-state index in [1.165, 1.54) is 87.1 Å². The van der Waals surface area contributed by atoms with Crippen LogP contribution in [0.1, 0.15) is 28.7 Å². The zero-order valence-corrected chi connectivity index (χ0v) is 40.8. The van der Waals surface area contributed by atoms with Crippen molar-refractivity contribution in [2.75, 3.05) is 4.90 Å². The third-order valence-electron chi connectivity index (χ3n) is 15.7. The molecule has 2 unspecified atom stereocenters. The second kappa shape index (κ2) is 16.1. The molecule has 74 heavy (non-hydrogen) atoms. The van der Waals surface area contributed by atoms with Gasteiger partial charge in [0.2, 0.25) is 5.95 Å². The van der Waals surface area contributed by atoms with E-state index in [1.54, 1.807) is 11.3 Å². The Morgan fingerprint density at radius 2 is 1.09 bits per heavy atom. The minimum Gasteiger partial charge on any atom is -0.309 e. The molecule has 0 spiro atoms. The average molecular weight is 962 g/mol. The molecule has 346 valence electrons. The maximum atomic E-state index is 5.78. The molecule has 0 saturated carbocycles. The molecular weight excluding hydrogens is 919 g/mol. The van der Waals surface area contributed by atoms with Gasteiger partial charge < -0.3 is 14.0 Å². The van der Waals surface area contributed by atoms with Crippen molar-refractivity contribution in [3.05, 3.63) is 259 Å². The van der Waals surface area contributed by atoms with Crippen LogP contribution in [0.4, 0.5) is 11.6 Å². The second-order valence-corrected chi connectivity index (χ2v) is 20.7. The molecule has 16 rings (SSSR count). The summed E-state index contributed by atoms with van der Waals surface area (Å²) in [6, 6.07) is 86.2. The molecule has 0 radical (unpaired) electrons. The van der Waals surface area contributed by atoms with Gasteiger partial charge in [0.05, 0.1) is 44.0 Å². The Hall–Kier alpha value is -9.36. The topological polar surface area (TPSA) is 38.9 Å². The lowest BCUT2D eigenvalue weighted by atomic mass is 9.82. The van der Waals surface area contributed by atoms with Crippen LogP contribution in [0.5, 0.6) is 0 Å². The van der Waals surface area contributed by atoms with Gasteiger partial charge in [0.15, 0.2) is 0 Å². The summed E-state index contributed by atoms with van der Waals surface area (Å²) in [5, 5.41) is 7.41. The lowest BCUT2D eigenvalue weighted by Gasteiger charge is -2.31. The maximum Gasteiger partial charge on any atom is 0.231 e. The third kappa shape index (κ3) is 6.09. The number of para-hydroxylation sites is 3. The quantitative estimate of drug-likeness (QED) is 0.167. The van der Waals surface area contributed by atoms with Gasteiger partial charge in [-0.25, -0.2) is 9.97 Å². The Morgan fingerprint density at radius 1 is 0.432 bits per heavy atom. The molecule has 0 amide bonds. The van der Waals surface area contributed by atoms with Gasteiger partial charge in [-0.1, -0.05) is 176 Å². The molecule has 0 fully saturated rings. The van der Waals surface area contributed by atoms with Crippen LogP contribution < -0.4 is 4.90 Å². The molecule has 0 N–H and O–H groups in total. The number of benzene rings is 10. The number of aromatic nitrogens is 4. The van der Waals surface area contributed by atoms with Crippen LogP contribution in [0.25, 0.3) is 115 Å². The molecule has 5 nitrogen and oxygen atoms in total. The van der Waals surface area contributed by atoms with E-state index in [0.29, 0.717) is 5.95 Å². The Labute approximate surface area is 430 Å². The molecule has 4 aromatic heterocycles. The Bertz CT molecular complexity index is 4620. The average Bonchev–Trinajstić information content (AvgIpc) is 4.24. The molecule has 2 atom stereocenters. The zero-order valence-electron chi connectivity index (χ0n) is 40.0. The van der Waals surface area contributed by atoms with Crippen molar-refractivity contribution in [1.82, 2.24) is 19.1 Å². The van der Waals surface area contributed by atoms with E-state index in [-0.39, 0.29) is 12.0 Å². The van der Waals surface area contributed by atoms with Crippen LogP contribution in [0.2, 0.25) is 0 Å². The van der Waals surface area contributed by atoms with E-state index in [2.05, 4.69) is 263 Å². The van der Waals surface area contributed by atoms with Crippen molar-refractivity contribution < 1.29 is 0 Å². The van der Waals surface area contributed by atoms with Gasteiger partial charge in [-0.3, -0.25) is 0 Å². The summed E-state index contributed by atoms with van der Waals surface area (Å²) in [7, 11) is 0. The predicted molar refractivity (Wildman–Crippen MR) is 309 cm³/mol. The number of anilines is 2. The number of nitrogens with zero attached hydrogens (tertiary/aromatic N) is 5. The standard InChI is InChI=1S/C68H43N5S/c1-4-19-44(20-5-1)62-41-56-67(74-62)65(46-34-37-58-54(40-46)52-27-14-15-29-57(52)71(58)47-21-6-2-7-22-47)70-68(69-56)73-59-36-33-45(39-55(59)53-35-31-43-18-11-13-26-51(43)66(53)73)50-28-16-30-60-64(50)63-49-25-12-10-17-42(49)32-38-61(63)72(60)48-23-8-3-9-24-48/h1-41,53,66H. The molecule has 10 aromatic carbocycles. The minimum atomic E-state index is -0.0648. The fourth-order valence-corrected chi connectivity index (χ4v) is 13.6. The van der Waals surface area contributed by atoms with Crippen LogP contribution in [0.3, 0.4) is 0 Å². The minimum absolute atomic E-state index is 0.0520. The second-order valence-electron chi connectivity index (χ2n) is 19.6. The van der Waals surface area contributed by atoms with E-state index in [9.17, 15) is 0 Å². The van der Waals surface area contributed by atoms with Crippen molar-refractivity contribution in [3.8, 4) is 44.2 Å². The Kier molecular flexibility index (Phi) is 8.97. The Morgan fingerprint density at radius 3 is 1.93 bits per heavy atom. The van der Waals surface area contributed by atoms with Crippen molar-refractivity contribution in [1.29, 1.82) is 0 Å². The van der Waals surface area contributed by atoms with Crippen LogP contribution in [-0.2, 0) is 0 Å². The van der Waals surface area contributed by atoms with Crippen molar-refractivity contribution in [2.45, 2.75) is 12.0 Å². The van der Waals surface area contributed by atoms with Crippen LogP contribution >= 0.6 is 11.3 Å². The molecule has 14 aromatic rings. The van der Waals surface area contributed by atoms with E-state index in [4.69, 9.17) is 9.97 Å². The van der Waals surface area contributed by atoms with E-state index in [1.807, 2.05) is 0 Å². The first-order chi connectivity index (χ1) is 36.7. The highest BCUT2D eigenvalue weighted by atomic mass is 32.1. The first kappa shape index (κ1) is 41.3. The summed E-state index contributed by atoms with van der Waals surface area (Å²) in [5.41, 5.74) is 18.4. The summed E-state index contributed by atoms with van der Waals surface area (Å²) < 4.78 is 5.88. The number of rotatable bonds is 6. The van der Waals surface area contributed by atoms with Gasteiger partial charge in [0.1, 0.15) is 0 Å². The normalized spacial score (nSPS) is 14.9. The van der Waals surface area contributed by atoms with Gasteiger partial charge in [0, 0.05) is 55.0 Å². The number of thiophene rings is 1. The van der Waals surface area contributed by atoms with Crippen molar-refractivity contribution in [3.63, 3.8) is 0 Å². The molecule has 2 aliphatic rings. The summed E-state index contributed by atoms with van der Waals surface area (Å²) >= 11 is 1.77. The van der Waals surface area contributed by atoms with Gasteiger partial charge in [-0.15, -0.1) is 11.3 Å². The molecule has 0 bridgehead atoms.